The fourth-order valence-corrected chi connectivity index (χ4v) is 2.48. The van der Waals surface area contributed by atoms with Gasteiger partial charge in [-0.3, -0.25) is 4.79 Å². The molecular weight excluding hydrogens is 273 g/mol. The lowest BCUT2D eigenvalue weighted by atomic mass is 9.98. The molecule has 0 aliphatic carbocycles. The van der Waals surface area contributed by atoms with Gasteiger partial charge in [-0.25, -0.2) is 4.39 Å². The molecule has 1 aromatic rings. The van der Waals surface area contributed by atoms with Gasteiger partial charge in [0.1, 0.15) is 11.6 Å². The molecule has 1 aromatic carbocycles. The second-order valence-corrected chi connectivity index (χ2v) is 5.79. The fourth-order valence-electron chi connectivity index (χ4n) is 2.48. The standard InChI is InChI=1S/C16H22FNO3/c1-16(20)7-3-9-18(10-8-16)15(19)6-11-21-14-5-2-4-13(17)12-14/h2,4-5,12,20H,3,6-11H2,1H3. The number of nitrogens with zero attached hydrogens (tertiary/aromatic N) is 1. The molecule has 5 heteroatoms. The summed E-state index contributed by atoms with van der Waals surface area (Å²) in [5, 5.41) is 10.0. The normalized spacial score (nSPS) is 22.7. The lowest BCUT2D eigenvalue weighted by Crippen LogP contribution is -2.34. The number of aliphatic hydroxyl groups is 1. The minimum atomic E-state index is -0.674. The number of hydrogen-bond donors (Lipinski definition) is 1. The SMILES string of the molecule is CC1(O)CCCN(C(=O)CCOc2cccc(F)c2)CC1. The van der Waals surface area contributed by atoms with Crippen molar-refractivity contribution in [2.45, 2.75) is 38.2 Å². The van der Waals surface area contributed by atoms with Crippen molar-refractivity contribution in [1.82, 2.24) is 4.90 Å². The van der Waals surface area contributed by atoms with E-state index in [2.05, 4.69) is 0 Å². The predicted octanol–water partition coefficient (Wildman–Crippen LogP) is 2.36. The molecule has 1 amide bonds. The van der Waals surface area contributed by atoms with Gasteiger partial charge < -0.3 is 14.7 Å². The van der Waals surface area contributed by atoms with Crippen LogP contribution in [-0.2, 0) is 4.79 Å². The van der Waals surface area contributed by atoms with E-state index in [9.17, 15) is 14.3 Å². The zero-order valence-electron chi connectivity index (χ0n) is 12.3. The Hall–Kier alpha value is -1.62. The third-order valence-electron chi connectivity index (χ3n) is 3.80. The monoisotopic (exact) mass is 295 g/mol. The Morgan fingerprint density at radius 2 is 2.24 bits per heavy atom. The molecule has 1 atom stereocenters. The maximum Gasteiger partial charge on any atom is 0.225 e. The van der Waals surface area contributed by atoms with Crippen molar-refractivity contribution >= 4 is 5.91 Å². The van der Waals surface area contributed by atoms with Gasteiger partial charge in [0.15, 0.2) is 0 Å². The van der Waals surface area contributed by atoms with Gasteiger partial charge in [-0.05, 0) is 38.3 Å². The summed E-state index contributed by atoms with van der Waals surface area (Å²) in [5.74, 6) is 0.0966. The molecule has 116 valence electrons. The highest BCUT2D eigenvalue weighted by Gasteiger charge is 2.26. The van der Waals surface area contributed by atoms with Crippen LogP contribution in [-0.4, -0.2) is 41.2 Å². The molecule has 1 saturated heterocycles. The van der Waals surface area contributed by atoms with Crippen LogP contribution in [0.3, 0.4) is 0 Å². The van der Waals surface area contributed by atoms with Gasteiger partial charge in [0, 0.05) is 19.2 Å². The van der Waals surface area contributed by atoms with E-state index in [1.54, 1.807) is 17.0 Å². The topological polar surface area (TPSA) is 49.8 Å². The van der Waals surface area contributed by atoms with E-state index in [1.807, 2.05) is 6.92 Å². The highest BCUT2D eigenvalue weighted by molar-refractivity contribution is 5.76. The van der Waals surface area contributed by atoms with Crippen LogP contribution in [0.25, 0.3) is 0 Å². The van der Waals surface area contributed by atoms with Gasteiger partial charge in [-0.2, -0.15) is 0 Å². The fraction of sp³-hybridized carbons (Fsp3) is 0.562. The van der Waals surface area contributed by atoms with Crippen LogP contribution < -0.4 is 4.74 Å². The Labute approximate surface area is 124 Å². The number of halogens is 1. The van der Waals surface area contributed by atoms with E-state index in [0.717, 1.165) is 12.8 Å². The summed E-state index contributed by atoms with van der Waals surface area (Å²) in [6.07, 6.45) is 2.39. The van der Waals surface area contributed by atoms with Gasteiger partial charge in [0.05, 0.1) is 18.6 Å². The summed E-state index contributed by atoms with van der Waals surface area (Å²) in [4.78, 5) is 13.9. The van der Waals surface area contributed by atoms with Gasteiger partial charge >= 0.3 is 0 Å². The predicted molar refractivity (Wildman–Crippen MR) is 77.6 cm³/mol. The molecule has 0 radical (unpaired) electrons. The van der Waals surface area contributed by atoms with Crippen molar-refractivity contribution in [2.24, 2.45) is 0 Å². The van der Waals surface area contributed by atoms with Gasteiger partial charge in [-0.1, -0.05) is 6.07 Å². The maximum absolute atomic E-state index is 13.0. The summed E-state index contributed by atoms with van der Waals surface area (Å²) in [6, 6.07) is 5.88. The molecule has 1 aliphatic heterocycles. The molecule has 1 heterocycles. The van der Waals surface area contributed by atoms with Crippen molar-refractivity contribution < 1.29 is 19.0 Å². The van der Waals surface area contributed by atoms with Crippen molar-refractivity contribution in [3.8, 4) is 5.75 Å². The van der Waals surface area contributed by atoms with E-state index in [-0.39, 0.29) is 24.8 Å². The van der Waals surface area contributed by atoms with Crippen molar-refractivity contribution in [3.05, 3.63) is 30.1 Å². The Bertz CT molecular complexity index is 490. The van der Waals surface area contributed by atoms with E-state index in [1.165, 1.54) is 12.1 Å². The molecular formula is C16H22FNO3. The Morgan fingerprint density at radius 3 is 3.00 bits per heavy atom. The molecule has 21 heavy (non-hydrogen) atoms. The second-order valence-electron chi connectivity index (χ2n) is 5.79. The lowest BCUT2D eigenvalue weighted by molar-refractivity contribution is -0.131. The average Bonchev–Trinajstić information content (AvgIpc) is 2.60. The largest absolute Gasteiger partial charge is 0.493 e. The minimum absolute atomic E-state index is 0.0177. The highest BCUT2D eigenvalue weighted by atomic mass is 19.1. The first kappa shape index (κ1) is 15.8. The van der Waals surface area contributed by atoms with Crippen LogP contribution in [0.15, 0.2) is 24.3 Å². The number of hydrogen-bond acceptors (Lipinski definition) is 3. The summed E-state index contributed by atoms with van der Waals surface area (Å²) in [7, 11) is 0. The zero-order valence-corrected chi connectivity index (χ0v) is 12.3. The van der Waals surface area contributed by atoms with Crippen molar-refractivity contribution in [2.75, 3.05) is 19.7 Å². The summed E-state index contributed by atoms with van der Waals surface area (Å²) in [6.45, 7) is 3.30. The van der Waals surface area contributed by atoms with Crippen LogP contribution in [0.5, 0.6) is 5.75 Å². The van der Waals surface area contributed by atoms with Crippen molar-refractivity contribution in [1.29, 1.82) is 0 Å². The summed E-state index contributed by atoms with van der Waals surface area (Å²) in [5.41, 5.74) is -0.674. The molecule has 1 fully saturated rings. The minimum Gasteiger partial charge on any atom is -0.493 e. The Morgan fingerprint density at radius 1 is 1.43 bits per heavy atom. The molecule has 0 bridgehead atoms. The first-order valence-corrected chi connectivity index (χ1v) is 7.35. The van der Waals surface area contributed by atoms with Crippen LogP contribution in [0.4, 0.5) is 4.39 Å². The quantitative estimate of drug-likeness (QED) is 0.927. The number of carbonyl (C=O) groups excluding carboxylic acids is 1. The van der Waals surface area contributed by atoms with E-state index >= 15 is 0 Å². The lowest BCUT2D eigenvalue weighted by Gasteiger charge is -2.22. The van der Waals surface area contributed by atoms with Gasteiger partial charge in [0.25, 0.3) is 0 Å². The number of amides is 1. The van der Waals surface area contributed by atoms with E-state index < -0.39 is 5.60 Å². The molecule has 0 spiro atoms. The van der Waals surface area contributed by atoms with Crippen LogP contribution >= 0.6 is 0 Å². The molecule has 1 unspecified atom stereocenters. The summed E-state index contributed by atoms with van der Waals surface area (Å²) < 4.78 is 18.4. The first-order chi connectivity index (χ1) is 9.96. The summed E-state index contributed by atoms with van der Waals surface area (Å²) >= 11 is 0. The Balaban J connectivity index is 1.77. The number of ether oxygens (including phenoxy) is 1. The first-order valence-electron chi connectivity index (χ1n) is 7.35. The molecule has 0 aromatic heterocycles. The number of likely N-dealkylation sites (tertiary alicyclic amines) is 1. The molecule has 1 N–H and O–H groups in total. The van der Waals surface area contributed by atoms with Crippen molar-refractivity contribution in [3.63, 3.8) is 0 Å². The van der Waals surface area contributed by atoms with Crippen LogP contribution in [0.1, 0.15) is 32.6 Å². The van der Waals surface area contributed by atoms with Gasteiger partial charge in [0.2, 0.25) is 5.91 Å². The van der Waals surface area contributed by atoms with Gasteiger partial charge in [-0.15, -0.1) is 0 Å². The highest BCUT2D eigenvalue weighted by Crippen LogP contribution is 2.21. The van der Waals surface area contributed by atoms with Crippen LogP contribution in [0.2, 0.25) is 0 Å². The van der Waals surface area contributed by atoms with E-state index in [0.29, 0.717) is 25.3 Å². The number of carbonyl (C=O) groups is 1. The Kier molecular flexibility index (Phi) is 5.17. The maximum atomic E-state index is 13.0. The number of benzene rings is 1. The molecule has 0 saturated carbocycles. The number of rotatable bonds is 4. The third kappa shape index (κ3) is 5.01. The molecule has 2 rings (SSSR count). The smallest absolute Gasteiger partial charge is 0.225 e. The zero-order chi connectivity index (χ0) is 15.3. The van der Waals surface area contributed by atoms with Crippen LogP contribution in [0, 0.1) is 5.82 Å². The third-order valence-corrected chi connectivity index (χ3v) is 3.80. The second kappa shape index (κ2) is 6.89. The van der Waals surface area contributed by atoms with E-state index in [4.69, 9.17) is 4.74 Å². The molecule has 4 nitrogen and oxygen atoms in total. The molecule has 1 aliphatic rings. The average molecular weight is 295 g/mol.